The van der Waals surface area contributed by atoms with Crippen molar-refractivity contribution in [3.8, 4) is 0 Å². The Kier molecular flexibility index (Phi) is 44.0. The Morgan fingerprint density at radius 3 is 1.07 bits per heavy atom. The topological polar surface area (TPSA) is 89.8 Å². The smallest absolute Gasteiger partial charge is 0.220 e. The lowest BCUT2D eigenvalue weighted by molar-refractivity contribution is -0.124. The molecule has 1 amide bonds. The van der Waals surface area contributed by atoms with Crippen LogP contribution < -0.4 is 5.32 Å². The summed E-state index contributed by atoms with van der Waals surface area (Å²) in [6.45, 7) is 4.19. The Labute approximate surface area is 338 Å². The molecule has 3 atom stereocenters. The van der Waals surface area contributed by atoms with Gasteiger partial charge >= 0.3 is 0 Å². The largest absolute Gasteiger partial charge is 0.394 e. The number of amides is 1. The van der Waals surface area contributed by atoms with Gasteiger partial charge in [-0.15, -0.1) is 0 Å². The van der Waals surface area contributed by atoms with Crippen LogP contribution in [0.5, 0.6) is 0 Å². The first-order valence-electron chi connectivity index (χ1n) is 24.5. The Bertz CT molecular complexity index is 758. The molecule has 3 unspecified atom stereocenters. The maximum atomic E-state index is 12.4. The van der Waals surface area contributed by atoms with Crippen molar-refractivity contribution < 1.29 is 20.1 Å². The molecule has 0 heterocycles. The summed E-state index contributed by atoms with van der Waals surface area (Å²) in [5.74, 6) is -0.142. The van der Waals surface area contributed by atoms with Gasteiger partial charge in [0, 0.05) is 6.42 Å². The highest BCUT2D eigenvalue weighted by atomic mass is 16.3. The molecule has 0 saturated carbocycles. The highest BCUT2D eigenvalue weighted by Gasteiger charge is 2.26. The van der Waals surface area contributed by atoms with Crippen molar-refractivity contribution in [1.29, 1.82) is 0 Å². The second-order valence-electron chi connectivity index (χ2n) is 17.0. The van der Waals surface area contributed by atoms with E-state index < -0.39 is 18.2 Å². The van der Waals surface area contributed by atoms with Gasteiger partial charge in [0.05, 0.1) is 18.8 Å². The lowest BCUT2D eigenvalue weighted by Crippen LogP contribution is -2.50. The van der Waals surface area contributed by atoms with Gasteiger partial charge in [-0.3, -0.25) is 4.79 Å². The van der Waals surface area contributed by atoms with Gasteiger partial charge in [0.15, 0.2) is 0 Å². The Hall–Kier alpha value is -0.910. The molecule has 54 heavy (non-hydrogen) atoms. The van der Waals surface area contributed by atoms with Crippen molar-refractivity contribution in [3.05, 3.63) is 12.2 Å². The van der Waals surface area contributed by atoms with Gasteiger partial charge in [-0.05, 0) is 38.5 Å². The minimum atomic E-state index is -1.13. The summed E-state index contributed by atoms with van der Waals surface area (Å²) in [6, 6.07) is -0.805. The fraction of sp³-hybridized carbons (Fsp3) is 0.939. The third-order valence-electron chi connectivity index (χ3n) is 11.6. The van der Waals surface area contributed by atoms with Gasteiger partial charge in [-0.25, -0.2) is 0 Å². The number of hydrogen-bond acceptors (Lipinski definition) is 4. The molecule has 0 aromatic rings. The van der Waals surface area contributed by atoms with Crippen LogP contribution in [-0.2, 0) is 4.79 Å². The number of carbonyl (C=O) groups is 1. The fourth-order valence-electron chi connectivity index (χ4n) is 7.81. The van der Waals surface area contributed by atoms with Gasteiger partial charge in [0.2, 0.25) is 5.91 Å². The molecule has 0 aromatic heterocycles. The molecule has 5 heteroatoms. The Balaban J connectivity index is 3.51. The van der Waals surface area contributed by atoms with Crippen molar-refractivity contribution in [1.82, 2.24) is 5.32 Å². The quantitative estimate of drug-likeness (QED) is 0.0367. The molecule has 5 nitrogen and oxygen atoms in total. The summed E-state index contributed by atoms with van der Waals surface area (Å²) >= 11 is 0. The lowest BCUT2D eigenvalue weighted by atomic mass is 9.99. The Morgan fingerprint density at radius 1 is 0.444 bits per heavy atom. The summed E-state index contributed by atoms with van der Waals surface area (Å²) in [5, 5.41) is 33.5. The molecular formula is C49H97NO4. The molecule has 0 spiro atoms. The molecule has 0 radical (unpaired) electrons. The van der Waals surface area contributed by atoms with Crippen LogP contribution in [0.15, 0.2) is 12.2 Å². The molecule has 0 aliphatic heterocycles. The summed E-state index contributed by atoms with van der Waals surface area (Å²) < 4.78 is 0. The highest BCUT2D eigenvalue weighted by Crippen LogP contribution is 2.17. The molecule has 4 N–H and O–H groups in total. The molecular weight excluding hydrogens is 667 g/mol. The van der Waals surface area contributed by atoms with Crippen LogP contribution in [0.4, 0.5) is 0 Å². The predicted octanol–water partition coefficient (Wildman–Crippen LogP) is 14.4. The van der Waals surface area contributed by atoms with E-state index in [1.54, 1.807) is 0 Å². The van der Waals surface area contributed by atoms with Gasteiger partial charge in [0.1, 0.15) is 6.10 Å². The SMILES string of the molecule is CCCCCCCCCCCCCC/C=C\CCCCCCCCCCCCCCC(=O)NC(CO)C(O)C(O)CCCCCCCCCCCCCC. The van der Waals surface area contributed by atoms with E-state index in [-0.39, 0.29) is 12.5 Å². The zero-order valence-corrected chi connectivity index (χ0v) is 36.6. The number of allylic oxidation sites excluding steroid dienone is 2. The fourth-order valence-corrected chi connectivity index (χ4v) is 7.81. The first-order valence-corrected chi connectivity index (χ1v) is 24.5. The average molecular weight is 764 g/mol. The monoisotopic (exact) mass is 764 g/mol. The maximum Gasteiger partial charge on any atom is 0.220 e. The highest BCUT2D eigenvalue weighted by molar-refractivity contribution is 5.76. The normalized spacial score (nSPS) is 13.5. The van der Waals surface area contributed by atoms with E-state index in [2.05, 4.69) is 31.3 Å². The lowest BCUT2D eigenvalue weighted by Gasteiger charge is -2.26. The van der Waals surface area contributed by atoms with Crippen LogP contribution in [0.25, 0.3) is 0 Å². The van der Waals surface area contributed by atoms with E-state index >= 15 is 0 Å². The molecule has 0 rings (SSSR count). The first-order chi connectivity index (χ1) is 26.6. The average Bonchev–Trinajstić information content (AvgIpc) is 3.18. The standard InChI is InChI=1S/C49H97NO4/c1-3-5-7-9-11-13-15-17-18-19-20-21-22-23-24-25-26-27-28-29-30-31-32-34-36-38-40-42-44-48(53)50-46(45-51)49(54)47(52)43-41-39-37-35-33-16-14-12-10-8-6-4-2/h23-24,46-47,49,51-52,54H,3-22,25-45H2,1-2H3,(H,50,53)/b24-23-. The number of rotatable bonds is 45. The number of nitrogens with one attached hydrogen (secondary N) is 1. The van der Waals surface area contributed by atoms with Crippen LogP contribution >= 0.6 is 0 Å². The van der Waals surface area contributed by atoms with Crippen LogP contribution in [0, 0.1) is 0 Å². The van der Waals surface area contributed by atoms with Gasteiger partial charge < -0.3 is 20.6 Å². The molecule has 0 fully saturated rings. The van der Waals surface area contributed by atoms with Crippen molar-refractivity contribution in [2.75, 3.05) is 6.61 Å². The third-order valence-corrected chi connectivity index (χ3v) is 11.6. The maximum absolute atomic E-state index is 12.4. The second kappa shape index (κ2) is 44.8. The zero-order chi connectivity index (χ0) is 39.4. The Morgan fingerprint density at radius 2 is 0.741 bits per heavy atom. The summed E-state index contributed by atoms with van der Waals surface area (Å²) in [5.41, 5.74) is 0. The van der Waals surface area contributed by atoms with E-state index in [4.69, 9.17) is 0 Å². The number of carbonyl (C=O) groups excluding carboxylic acids is 1. The minimum absolute atomic E-state index is 0.142. The van der Waals surface area contributed by atoms with Crippen LogP contribution in [0.1, 0.15) is 271 Å². The summed E-state index contributed by atoms with van der Waals surface area (Å²) in [6.07, 6.45) is 53.4. The molecule has 0 aromatic carbocycles. The van der Waals surface area contributed by atoms with E-state index in [0.717, 1.165) is 38.5 Å². The summed E-state index contributed by atoms with van der Waals surface area (Å²) in [7, 11) is 0. The third kappa shape index (κ3) is 39.3. The molecule has 0 saturated heterocycles. The number of aliphatic hydroxyl groups excluding tert-OH is 3. The molecule has 322 valence electrons. The molecule has 0 bridgehead atoms. The van der Waals surface area contributed by atoms with E-state index in [9.17, 15) is 20.1 Å². The van der Waals surface area contributed by atoms with Gasteiger partial charge in [-0.1, -0.05) is 238 Å². The summed E-state index contributed by atoms with van der Waals surface area (Å²) in [4.78, 5) is 12.4. The van der Waals surface area contributed by atoms with Crippen LogP contribution in [0.2, 0.25) is 0 Å². The predicted molar refractivity (Wildman–Crippen MR) is 236 cm³/mol. The van der Waals surface area contributed by atoms with Crippen molar-refractivity contribution >= 4 is 5.91 Å². The van der Waals surface area contributed by atoms with Crippen molar-refractivity contribution in [2.45, 2.75) is 289 Å². The van der Waals surface area contributed by atoms with Gasteiger partial charge in [0.25, 0.3) is 0 Å². The van der Waals surface area contributed by atoms with Crippen LogP contribution in [-0.4, -0.2) is 46.1 Å². The molecule has 0 aliphatic rings. The van der Waals surface area contributed by atoms with Crippen molar-refractivity contribution in [3.63, 3.8) is 0 Å². The first kappa shape index (κ1) is 53.1. The number of hydrogen-bond donors (Lipinski definition) is 4. The van der Waals surface area contributed by atoms with Crippen molar-refractivity contribution in [2.24, 2.45) is 0 Å². The zero-order valence-electron chi connectivity index (χ0n) is 36.6. The number of unbranched alkanes of at least 4 members (excludes halogenated alkanes) is 35. The second-order valence-corrected chi connectivity index (χ2v) is 17.0. The molecule has 0 aliphatic carbocycles. The van der Waals surface area contributed by atoms with E-state index in [0.29, 0.717) is 12.8 Å². The number of aliphatic hydroxyl groups is 3. The van der Waals surface area contributed by atoms with E-state index in [1.165, 1.54) is 205 Å². The minimum Gasteiger partial charge on any atom is -0.394 e. The van der Waals surface area contributed by atoms with Gasteiger partial charge in [-0.2, -0.15) is 0 Å². The van der Waals surface area contributed by atoms with E-state index in [1.807, 2.05) is 0 Å². The van der Waals surface area contributed by atoms with Crippen LogP contribution in [0.3, 0.4) is 0 Å².